The first-order chi connectivity index (χ1) is 33.1. The van der Waals surface area contributed by atoms with Crippen LogP contribution in [0.5, 0.6) is 0 Å². The van der Waals surface area contributed by atoms with E-state index in [1.807, 2.05) is 136 Å². The van der Waals surface area contributed by atoms with E-state index in [1.165, 1.54) is 18.2 Å². The van der Waals surface area contributed by atoms with Crippen molar-refractivity contribution in [3.8, 4) is 0 Å². The number of para-hydroxylation sites is 4. The van der Waals surface area contributed by atoms with Crippen LogP contribution in [0.25, 0.3) is 32.3 Å². The Morgan fingerprint density at radius 2 is 0.551 bits per heavy atom. The molecule has 12 heteroatoms. The zero-order valence-electron chi connectivity index (χ0n) is 36.0. The van der Waals surface area contributed by atoms with Crippen LogP contribution < -0.4 is 14.7 Å². The number of rotatable bonds is 9. The predicted octanol–water partition coefficient (Wildman–Crippen LogP) is 18.6. The summed E-state index contributed by atoms with van der Waals surface area (Å²) in [6.45, 7) is 0. The minimum Gasteiger partial charge on any atom is -0.308 e. The number of anilines is 9. The summed E-state index contributed by atoms with van der Waals surface area (Å²) >= 11 is 0. The third kappa shape index (κ3) is 8.65. The summed E-state index contributed by atoms with van der Waals surface area (Å²) in [7, 11) is 0. The Morgan fingerprint density at radius 3 is 0.913 bits per heavy atom. The fourth-order valence-corrected chi connectivity index (χ4v) is 8.87. The van der Waals surface area contributed by atoms with Crippen LogP contribution in [0.1, 0.15) is 16.7 Å². The molecular weight excluding hydrogens is 898 g/mol. The van der Waals surface area contributed by atoms with Gasteiger partial charge in [-0.15, -0.1) is 0 Å². The van der Waals surface area contributed by atoms with Crippen LogP contribution in [0.2, 0.25) is 0 Å². The van der Waals surface area contributed by atoms with Crippen molar-refractivity contribution in [2.45, 2.75) is 18.5 Å². The average Bonchev–Trinajstić information content (AvgIpc) is 3.35. The smallest absolute Gasteiger partial charge is 0.308 e. The second kappa shape index (κ2) is 17.4. The van der Waals surface area contributed by atoms with Gasteiger partial charge in [0, 0.05) is 39.2 Å². The van der Waals surface area contributed by atoms with Gasteiger partial charge in [0.05, 0.1) is 39.4 Å². The van der Waals surface area contributed by atoms with Crippen LogP contribution in [-0.2, 0) is 18.5 Å². The number of alkyl halides is 9. The van der Waals surface area contributed by atoms with E-state index in [4.69, 9.17) is 0 Å². The fourth-order valence-electron chi connectivity index (χ4n) is 8.87. The molecule has 0 saturated carbocycles. The van der Waals surface area contributed by atoms with Gasteiger partial charge in [0.25, 0.3) is 0 Å². The summed E-state index contributed by atoms with van der Waals surface area (Å²) in [5.41, 5.74) is 2.11. The largest absolute Gasteiger partial charge is 0.416 e. The van der Waals surface area contributed by atoms with E-state index in [0.29, 0.717) is 67.3 Å². The van der Waals surface area contributed by atoms with Gasteiger partial charge in [0.15, 0.2) is 0 Å². The van der Waals surface area contributed by atoms with E-state index in [-0.39, 0.29) is 16.2 Å². The molecule has 0 spiro atoms. The first kappa shape index (κ1) is 44.6. The number of nitrogens with zero attached hydrogens (tertiary/aromatic N) is 3. The second-order valence-corrected chi connectivity index (χ2v) is 16.3. The van der Waals surface area contributed by atoms with Gasteiger partial charge in [-0.1, -0.05) is 109 Å². The molecule has 3 nitrogen and oxygen atoms in total. The van der Waals surface area contributed by atoms with Crippen molar-refractivity contribution in [1.82, 2.24) is 0 Å². The Kier molecular flexibility index (Phi) is 11.3. The van der Waals surface area contributed by atoms with Crippen LogP contribution in [-0.4, -0.2) is 0 Å². The highest BCUT2D eigenvalue weighted by Crippen LogP contribution is 2.55. The van der Waals surface area contributed by atoms with E-state index in [0.717, 1.165) is 36.4 Å². The van der Waals surface area contributed by atoms with Crippen molar-refractivity contribution in [3.63, 3.8) is 0 Å². The van der Waals surface area contributed by atoms with Gasteiger partial charge in [-0.25, -0.2) is 0 Å². The van der Waals surface area contributed by atoms with Gasteiger partial charge >= 0.3 is 18.5 Å². The maximum absolute atomic E-state index is 14.4. The van der Waals surface area contributed by atoms with Crippen molar-refractivity contribution in [2.75, 3.05) is 14.7 Å². The molecule has 69 heavy (non-hydrogen) atoms. The molecule has 0 aliphatic carbocycles. The zero-order valence-corrected chi connectivity index (χ0v) is 36.0. The molecule has 0 saturated heterocycles. The minimum absolute atomic E-state index is 0.257. The number of hydrogen-bond donors (Lipinski definition) is 0. The summed E-state index contributed by atoms with van der Waals surface area (Å²) in [6.07, 6.45) is -14.0. The molecule has 0 N–H and O–H groups in total. The lowest BCUT2D eigenvalue weighted by molar-refractivity contribution is -0.138. The Labute approximate surface area is 390 Å². The summed E-state index contributed by atoms with van der Waals surface area (Å²) in [4.78, 5) is 5.72. The van der Waals surface area contributed by atoms with Crippen LogP contribution in [0.4, 0.5) is 90.7 Å². The molecule has 0 bridgehead atoms. The maximum Gasteiger partial charge on any atom is 0.416 e. The van der Waals surface area contributed by atoms with Gasteiger partial charge in [0.1, 0.15) is 0 Å². The highest BCUT2D eigenvalue weighted by Gasteiger charge is 2.35. The van der Waals surface area contributed by atoms with Crippen molar-refractivity contribution in [2.24, 2.45) is 0 Å². The van der Waals surface area contributed by atoms with Crippen LogP contribution in [0.15, 0.2) is 218 Å². The van der Waals surface area contributed by atoms with E-state index < -0.39 is 35.2 Å². The summed E-state index contributed by atoms with van der Waals surface area (Å²) in [6, 6.07) is 59.0. The standard InChI is InChI=1S/C57H36F9N3/c58-55(59,60)41-25-21-38-36-48(28-22-37(38)33-41)69(51-31-23-39-34-42(56(61,62)63)26-29-49(39)53(51)67(44-13-5-1-6-14-44)45-15-7-2-8-16-45)52-32-24-40-35-43(57(64,65)66)27-30-50(40)54(52)68(46-17-9-3-10-18-46)47-19-11-4-12-20-47/h1-36H. The Hall–Kier alpha value is -8.25. The minimum atomic E-state index is -4.67. The normalized spacial score (nSPS) is 12.1. The van der Waals surface area contributed by atoms with Gasteiger partial charge in [-0.3, -0.25) is 0 Å². The SMILES string of the molecule is FC(F)(F)c1ccc2cc(N(c3ccc4cc(C(F)(F)F)ccc4c3N(c3ccccc3)c3ccccc3)c3ccc4cc(C(F)(F)F)ccc4c3N(c3ccccc3)c3ccccc3)ccc2c1. The molecule has 0 aromatic heterocycles. The number of fused-ring (bicyclic) bond motifs is 3. The Bertz CT molecular complexity index is 3200. The Balaban J connectivity index is 1.37. The van der Waals surface area contributed by atoms with Crippen LogP contribution >= 0.6 is 0 Å². The van der Waals surface area contributed by atoms with Crippen LogP contribution in [0, 0.1) is 0 Å². The summed E-state index contributed by atoms with van der Waals surface area (Å²) < 4.78 is 129. The Morgan fingerprint density at radius 1 is 0.246 bits per heavy atom. The van der Waals surface area contributed by atoms with E-state index in [2.05, 4.69) is 0 Å². The number of benzene rings is 10. The molecule has 10 aromatic rings. The van der Waals surface area contributed by atoms with Crippen molar-refractivity contribution in [3.05, 3.63) is 235 Å². The fraction of sp³-hybridized carbons (Fsp3) is 0.0526. The second-order valence-electron chi connectivity index (χ2n) is 16.3. The van der Waals surface area contributed by atoms with Crippen LogP contribution in [0.3, 0.4) is 0 Å². The van der Waals surface area contributed by atoms with E-state index in [1.54, 1.807) is 42.5 Å². The molecule has 0 amide bonds. The van der Waals surface area contributed by atoms with Gasteiger partial charge in [-0.2, -0.15) is 39.5 Å². The maximum atomic E-state index is 14.4. The van der Waals surface area contributed by atoms with Gasteiger partial charge < -0.3 is 14.7 Å². The summed E-state index contributed by atoms with van der Waals surface area (Å²) in [5.74, 6) is 0. The summed E-state index contributed by atoms with van der Waals surface area (Å²) in [5, 5.41) is 2.06. The molecule has 10 aromatic carbocycles. The molecule has 0 radical (unpaired) electrons. The lowest BCUT2D eigenvalue weighted by atomic mass is 9.98. The molecule has 0 atom stereocenters. The highest BCUT2D eigenvalue weighted by molar-refractivity contribution is 6.12. The third-order valence-corrected chi connectivity index (χ3v) is 12.0. The van der Waals surface area contributed by atoms with E-state index in [9.17, 15) is 39.5 Å². The molecule has 10 rings (SSSR count). The monoisotopic (exact) mass is 933 g/mol. The third-order valence-electron chi connectivity index (χ3n) is 12.0. The first-order valence-electron chi connectivity index (χ1n) is 21.6. The van der Waals surface area contributed by atoms with Crippen molar-refractivity contribution >= 4 is 83.5 Å². The zero-order chi connectivity index (χ0) is 48.1. The van der Waals surface area contributed by atoms with Crippen molar-refractivity contribution < 1.29 is 39.5 Å². The first-order valence-corrected chi connectivity index (χ1v) is 21.6. The number of halogens is 9. The van der Waals surface area contributed by atoms with Crippen molar-refractivity contribution in [1.29, 1.82) is 0 Å². The highest BCUT2D eigenvalue weighted by atomic mass is 19.4. The quantitative estimate of drug-likeness (QED) is 0.134. The topological polar surface area (TPSA) is 9.72 Å². The average molecular weight is 934 g/mol. The predicted molar refractivity (Wildman–Crippen MR) is 258 cm³/mol. The lowest BCUT2D eigenvalue weighted by Gasteiger charge is -2.37. The van der Waals surface area contributed by atoms with Gasteiger partial charge in [-0.05, 0) is 131 Å². The molecule has 0 aliphatic rings. The molecule has 0 aliphatic heterocycles. The lowest BCUT2D eigenvalue weighted by Crippen LogP contribution is -2.20. The molecule has 0 heterocycles. The molecule has 0 fully saturated rings. The molecule has 342 valence electrons. The number of hydrogen-bond acceptors (Lipinski definition) is 3. The van der Waals surface area contributed by atoms with E-state index >= 15 is 0 Å². The molecule has 0 unspecified atom stereocenters. The van der Waals surface area contributed by atoms with Gasteiger partial charge in [0.2, 0.25) is 0 Å². The molecular formula is C57H36F9N3.